The second kappa shape index (κ2) is 39.7. The van der Waals surface area contributed by atoms with Crippen molar-refractivity contribution in [1.82, 2.24) is 0 Å². The summed E-state index contributed by atoms with van der Waals surface area (Å²) in [6.07, 6.45) is 48.4. The number of carbonyl (C=O) groups is 1. The summed E-state index contributed by atoms with van der Waals surface area (Å²) in [5.74, 6) is -0.647. The Bertz CT molecular complexity index is 453. The molecule has 0 bridgehead atoms. The van der Waals surface area contributed by atoms with Crippen LogP contribution in [0.3, 0.4) is 0 Å². The zero-order valence-corrected chi connectivity index (χ0v) is 27.1. The van der Waals surface area contributed by atoms with Gasteiger partial charge < -0.3 is 5.11 Å². The quantitative estimate of drug-likeness (QED) is 0.0587. The molecule has 40 heavy (non-hydrogen) atoms. The fraction of sp³-hybridized carbons (Fsp3) is 0.973. The van der Waals surface area contributed by atoms with E-state index in [4.69, 9.17) is 5.11 Å². The van der Waals surface area contributed by atoms with Gasteiger partial charge in [-0.05, 0) is 6.42 Å². The number of hydrogen-bond acceptors (Lipinski definition) is 1. The average Bonchev–Trinajstić information content (AvgIpc) is 2.93. The first-order valence-electron chi connectivity index (χ1n) is 18.5. The molecule has 0 saturated heterocycles. The zero-order chi connectivity index (χ0) is 28.3. The molecule has 0 heterocycles. The molecule has 238 valence electrons. The van der Waals surface area contributed by atoms with Crippen LogP contribution in [0.2, 0.25) is 0 Å². The van der Waals surface area contributed by atoms with E-state index < -0.39 is 5.97 Å². The van der Waals surface area contributed by atoms with Gasteiger partial charge in [-0.1, -0.05) is 219 Å². The van der Waals surface area contributed by atoms with Crippen molar-refractivity contribution in [1.29, 1.82) is 0 Å². The van der Waals surface area contributed by atoms with E-state index >= 15 is 0 Å². The van der Waals surface area contributed by atoms with Crippen LogP contribution in [0.4, 0.5) is 0 Å². The molecule has 2 nitrogen and oxygen atoms in total. The molecule has 0 atom stereocenters. The molecule has 0 saturated carbocycles. The van der Waals surface area contributed by atoms with Crippen molar-refractivity contribution >= 4 is 43.7 Å². The van der Waals surface area contributed by atoms with E-state index in [9.17, 15) is 4.79 Å². The van der Waals surface area contributed by atoms with Crippen LogP contribution >= 0.6 is 0 Å². The van der Waals surface area contributed by atoms with Crippen molar-refractivity contribution in [2.24, 2.45) is 0 Å². The van der Waals surface area contributed by atoms with Crippen molar-refractivity contribution < 1.29 is 9.90 Å². The van der Waals surface area contributed by atoms with Crippen LogP contribution in [0.1, 0.15) is 232 Å². The fourth-order valence-electron chi connectivity index (χ4n) is 6.01. The van der Waals surface area contributed by atoms with Crippen LogP contribution in [0, 0.1) is 0 Å². The second-order valence-corrected chi connectivity index (χ2v) is 12.8. The molecular weight excluding hydrogens is 516 g/mol. The Hall–Kier alpha value is 0.730. The van der Waals surface area contributed by atoms with Gasteiger partial charge in [-0.25, -0.2) is 0 Å². The topological polar surface area (TPSA) is 37.3 Å². The third kappa shape index (κ3) is 40.9. The maximum atomic E-state index is 10.5. The molecule has 0 aliphatic heterocycles. The third-order valence-electron chi connectivity index (χ3n) is 8.74. The summed E-state index contributed by atoms with van der Waals surface area (Å²) >= 11 is 0. The van der Waals surface area contributed by atoms with Gasteiger partial charge in [0, 0.05) is 6.42 Å². The molecule has 1 N–H and O–H groups in total. The molecule has 0 aliphatic carbocycles. The van der Waals surface area contributed by atoms with Crippen molar-refractivity contribution in [3.8, 4) is 0 Å². The van der Waals surface area contributed by atoms with Gasteiger partial charge in [-0.15, -0.1) is 0 Å². The van der Waals surface area contributed by atoms with Crippen LogP contribution in [0.25, 0.3) is 0 Å². The van der Waals surface area contributed by atoms with E-state index in [0.717, 1.165) is 12.8 Å². The minimum atomic E-state index is -0.647. The number of aliphatic carboxylic acids is 1. The summed E-state index contributed by atoms with van der Waals surface area (Å²) in [7, 11) is 0. The van der Waals surface area contributed by atoms with Gasteiger partial charge in [0.1, 0.15) is 0 Å². The normalized spacial score (nSPS) is 11.1. The molecule has 0 fully saturated rings. The first-order chi connectivity index (χ1) is 19.3. The molecule has 0 aromatic rings. The van der Waals surface area contributed by atoms with Gasteiger partial charge in [0.05, 0.1) is 0 Å². The Labute approximate surface area is 283 Å². The predicted octanol–water partition coefficient (Wildman–Crippen LogP) is 12.8. The number of hydrogen-bond donors (Lipinski definition) is 1. The summed E-state index contributed by atoms with van der Waals surface area (Å²) in [6.45, 7) is 2.30. The Morgan fingerprint density at radius 3 is 0.625 bits per heavy atom. The van der Waals surface area contributed by atoms with E-state index in [-0.39, 0.29) is 37.7 Å². The average molecular weight is 593 g/mol. The molecule has 0 spiro atoms. The number of unbranched alkanes of at least 4 members (excludes halogenated alkanes) is 33. The molecule has 3 heteroatoms. The maximum absolute atomic E-state index is 10.5. The van der Waals surface area contributed by atoms with Crippen molar-refractivity contribution in [2.75, 3.05) is 0 Å². The van der Waals surface area contributed by atoms with Gasteiger partial charge in [0.15, 0.2) is 0 Å². The first-order valence-corrected chi connectivity index (χ1v) is 18.5. The Morgan fingerprint density at radius 1 is 0.325 bits per heavy atom. The van der Waals surface area contributed by atoms with E-state index in [1.54, 1.807) is 0 Å². The molecule has 0 amide bonds. The van der Waals surface area contributed by atoms with E-state index in [1.165, 1.54) is 205 Å². The monoisotopic (exact) mass is 593 g/mol. The van der Waals surface area contributed by atoms with Gasteiger partial charge in [-0.3, -0.25) is 4.79 Å². The van der Waals surface area contributed by atoms with Gasteiger partial charge in [0.2, 0.25) is 0 Å². The van der Waals surface area contributed by atoms with Crippen LogP contribution in [-0.4, -0.2) is 48.8 Å². The summed E-state index contributed by atoms with van der Waals surface area (Å²) in [5, 5.41) is 8.63. The molecule has 0 unspecified atom stereocenters. The van der Waals surface area contributed by atoms with Crippen LogP contribution in [-0.2, 0) is 4.79 Å². The van der Waals surface area contributed by atoms with E-state index in [2.05, 4.69) is 6.92 Å². The fourth-order valence-corrected chi connectivity index (χ4v) is 6.01. The SMILES string of the molecule is CCCCCCCCCCCCCCCCCCCCCCCCCCCCCCCCCCCCC(=O)O.[CaH2]. The van der Waals surface area contributed by atoms with Crippen LogP contribution in [0.15, 0.2) is 0 Å². The molecule has 0 aromatic heterocycles. The molecule has 0 rings (SSSR count). The van der Waals surface area contributed by atoms with Gasteiger partial charge in [-0.2, -0.15) is 0 Å². The standard InChI is InChI=1S/C37H74O2.Ca.2H/c1-2-3-4-5-6-7-8-9-10-11-12-13-14-15-16-17-18-19-20-21-22-23-24-25-26-27-28-29-30-31-32-33-34-35-36-37(38)39;;;/h2-36H2,1H3,(H,38,39);;;. The molecule has 0 radical (unpaired) electrons. The minimum absolute atomic E-state index is 0. The first kappa shape index (κ1) is 42.9. The Balaban J connectivity index is 0. The summed E-state index contributed by atoms with van der Waals surface area (Å²) in [6, 6.07) is 0. The second-order valence-electron chi connectivity index (χ2n) is 12.8. The van der Waals surface area contributed by atoms with Crippen molar-refractivity contribution in [2.45, 2.75) is 232 Å². The molecular formula is C37H76CaO2. The third-order valence-corrected chi connectivity index (χ3v) is 8.74. The predicted molar refractivity (Wildman–Crippen MR) is 183 cm³/mol. The molecule has 0 aromatic carbocycles. The van der Waals surface area contributed by atoms with Crippen LogP contribution < -0.4 is 0 Å². The summed E-state index contributed by atoms with van der Waals surface area (Å²) in [4.78, 5) is 10.5. The number of carboxylic acid groups (broad SMARTS) is 1. The summed E-state index contributed by atoms with van der Waals surface area (Å²) < 4.78 is 0. The van der Waals surface area contributed by atoms with E-state index in [0.29, 0.717) is 6.42 Å². The Kier molecular flexibility index (Phi) is 42.6. The Morgan fingerprint density at radius 2 is 0.475 bits per heavy atom. The number of rotatable bonds is 35. The van der Waals surface area contributed by atoms with E-state index in [1.807, 2.05) is 0 Å². The van der Waals surface area contributed by atoms with Crippen LogP contribution in [0.5, 0.6) is 0 Å². The van der Waals surface area contributed by atoms with Gasteiger partial charge in [0.25, 0.3) is 0 Å². The van der Waals surface area contributed by atoms with Crippen molar-refractivity contribution in [3.63, 3.8) is 0 Å². The number of carboxylic acids is 1. The molecule has 0 aliphatic rings. The van der Waals surface area contributed by atoms with Crippen molar-refractivity contribution in [3.05, 3.63) is 0 Å². The summed E-state index contributed by atoms with van der Waals surface area (Å²) in [5.41, 5.74) is 0. The zero-order valence-electron chi connectivity index (χ0n) is 27.1. The van der Waals surface area contributed by atoms with Gasteiger partial charge >= 0.3 is 43.7 Å².